The zero-order chi connectivity index (χ0) is 17.7. The Morgan fingerprint density at radius 3 is 2.40 bits per heavy atom. The van der Waals surface area contributed by atoms with Crippen molar-refractivity contribution in [3.8, 4) is 0 Å². The van der Waals surface area contributed by atoms with Gasteiger partial charge in [-0.25, -0.2) is 8.78 Å². The van der Waals surface area contributed by atoms with E-state index >= 15 is 0 Å². The first kappa shape index (κ1) is 16.5. The minimum absolute atomic E-state index is 0.00828. The molecule has 2 amide bonds. The van der Waals surface area contributed by atoms with E-state index in [-0.39, 0.29) is 23.1 Å². The summed E-state index contributed by atoms with van der Waals surface area (Å²) in [7, 11) is 0. The molecule has 2 aliphatic heterocycles. The van der Waals surface area contributed by atoms with Gasteiger partial charge in [0.15, 0.2) is 0 Å². The van der Waals surface area contributed by atoms with Crippen molar-refractivity contribution in [2.24, 2.45) is 11.3 Å². The minimum Gasteiger partial charge on any atom is -0.338 e. The summed E-state index contributed by atoms with van der Waals surface area (Å²) in [6, 6.07) is 9.15. The summed E-state index contributed by atoms with van der Waals surface area (Å²) in [5.74, 6) is -3.10. The molecule has 1 saturated carbocycles. The molecular weight excluding hydrogens is 326 g/mol. The van der Waals surface area contributed by atoms with Gasteiger partial charge in [-0.05, 0) is 31.4 Å². The number of hydrogen-bond acceptors (Lipinski definition) is 2. The second-order valence-corrected chi connectivity index (χ2v) is 7.70. The summed E-state index contributed by atoms with van der Waals surface area (Å²) in [4.78, 5) is 28.5. The van der Waals surface area contributed by atoms with Crippen LogP contribution in [0.15, 0.2) is 30.3 Å². The Kier molecular flexibility index (Phi) is 3.81. The van der Waals surface area contributed by atoms with Gasteiger partial charge in [-0.2, -0.15) is 0 Å². The summed E-state index contributed by atoms with van der Waals surface area (Å²) >= 11 is 0. The van der Waals surface area contributed by atoms with Crippen LogP contribution in [0.3, 0.4) is 0 Å². The molecule has 0 aromatic heterocycles. The van der Waals surface area contributed by atoms with Crippen molar-refractivity contribution in [3.63, 3.8) is 0 Å². The largest absolute Gasteiger partial charge is 0.338 e. The predicted octanol–water partition coefficient (Wildman–Crippen LogP) is 2.80. The van der Waals surface area contributed by atoms with Crippen LogP contribution in [0.2, 0.25) is 0 Å². The Balaban J connectivity index is 1.47. The van der Waals surface area contributed by atoms with E-state index < -0.39 is 19.0 Å². The average Bonchev–Trinajstić information content (AvgIpc) is 3.20. The van der Waals surface area contributed by atoms with E-state index in [4.69, 9.17) is 0 Å². The molecule has 2 saturated heterocycles. The highest BCUT2D eigenvalue weighted by Crippen LogP contribution is 2.51. The molecule has 1 aromatic carbocycles. The molecule has 25 heavy (non-hydrogen) atoms. The summed E-state index contributed by atoms with van der Waals surface area (Å²) in [5.41, 5.74) is 0.426. The SMILES string of the molecule is O=C(c1ccccc1)N1CC[C@@]2(CCC[C@@H]2C(=O)N2CC(F)(F)C2)C1. The smallest absolute Gasteiger partial charge is 0.282 e. The van der Waals surface area contributed by atoms with Gasteiger partial charge in [-0.15, -0.1) is 0 Å². The van der Waals surface area contributed by atoms with E-state index in [1.807, 2.05) is 23.1 Å². The summed E-state index contributed by atoms with van der Waals surface area (Å²) in [6.45, 7) is 0.283. The first-order valence-electron chi connectivity index (χ1n) is 8.91. The van der Waals surface area contributed by atoms with Gasteiger partial charge in [0.25, 0.3) is 11.8 Å². The highest BCUT2D eigenvalue weighted by Gasteiger charge is 2.55. The van der Waals surface area contributed by atoms with E-state index in [1.165, 1.54) is 4.90 Å². The van der Waals surface area contributed by atoms with Gasteiger partial charge < -0.3 is 9.80 Å². The maximum Gasteiger partial charge on any atom is 0.282 e. The highest BCUT2D eigenvalue weighted by molar-refractivity contribution is 5.94. The molecular formula is C19H22F2N2O2. The van der Waals surface area contributed by atoms with Crippen molar-refractivity contribution < 1.29 is 18.4 Å². The second-order valence-electron chi connectivity index (χ2n) is 7.70. The molecule has 3 aliphatic rings. The summed E-state index contributed by atoms with van der Waals surface area (Å²) in [5, 5.41) is 0. The van der Waals surface area contributed by atoms with Crippen molar-refractivity contribution in [1.82, 2.24) is 9.80 Å². The second kappa shape index (κ2) is 5.78. The fourth-order valence-corrected chi connectivity index (χ4v) is 4.73. The van der Waals surface area contributed by atoms with Gasteiger partial charge in [-0.1, -0.05) is 24.6 Å². The number of alkyl halides is 2. The van der Waals surface area contributed by atoms with Crippen LogP contribution in [0.25, 0.3) is 0 Å². The van der Waals surface area contributed by atoms with Crippen LogP contribution >= 0.6 is 0 Å². The zero-order valence-corrected chi connectivity index (χ0v) is 14.1. The predicted molar refractivity (Wildman–Crippen MR) is 88.3 cm³/mol. The van der Waals surface area contributed by atoms with Crippen molar-refractivity contribution >= 4 is 11.8 Å². The first-order valence-corrected chi connectivity index (χ1v) is 8.91. The molecule has 2 atom stereocenters. The standard InChI is InChI=1S/C19H22F2N2O2/c20-19(21)12-23(13-19)17(25)15-7-4-8-18(15)9-10-22(11-18)16(24)14-5-2-1-3-6-14/h1-3,5-6,15H,4,7-13H2/t15-,18+/m1/s1. The third kappa shape index (κ3) is 2.81. The molecule has 0 unspecified atom stereocenters. The number of halogens is 2. The topological polar surface area (TPSA) is 40.6 Å². The normalized spacial score (nSPS) is 30.6. The summed E-state index contributed by atoms with van der Waals surface area (Å²) in [6.07, 6.45) is 3.35. The van der Waals surface area contributed by atoms with Gasteiger partial charge in [0.05, 0.1) is 13.1 Å². The Labute approximate surface area is 145 Å². The van der Waals surface area contributed by atoms with E-state index in [0.29, 0.717) is 18.7 Å². The third-order valence-electron chi connectivity index (χ3n) is 6.05. The van der Waals surface area contributed by atoms with Crippen LogP contribution in [0.1, 0.15) is 36.0 Å². The molecule has 1 aliphatic carbocycles. The number of hydrogen-bond donors (Lipinski definition) is 0. The maximum absolute atomic E-state index is 13.1. The molecule has 0 radical (unpaired) electrons. The van der Waals surface area contributed by atoms with Crippen molar-refractivity contribution in [3.05, 3.63) is 35.9 Å². The van der Waals surface area contributed by atoms with E-state index in [0.717, 1.165) is 25.7 Å². The fraction of sp³-hybridized carbons (Fsp3) is 0.579. The van der Waals surface area contributed by atoms with Gasteiger partial charge in [0, 0.05) is 30.0 Å². The van der Waals surface area contributed by atoms with Crippen molar-refractivity contribution in [2.75, 3.05) is 26.2 Å². The molecule has 4 rings (SSSR count). The van der Waals surface area contributed by atoms with Crippen LogP contribution in [0, 0.1) is 11.3 Å². The lowest BCUT2D eigenvalue weighted by Gasteiger charge is -2.42. The Bertz CT molecular complexity index is 686. The minimum atomic E-state index is -2.73. The number of carbonyl (C=O) groups excluding carboxylic acids is 2. The molecule has 6 heteroatoms. The van der Waals surface area contributed by atoms with E-state index in [2.05, 4.69) is 0 Å². The number of benzene rings is 1. The lowest BCUT2D eigenvalue weighted by atomic mass is 9.76. The molecule has 1 spiro atoms. The van der Waals surface area contributed by atoms with E-state index in [9.17, 15) is 18.4 Å². The maximum atomic E-state index is 13.1. The lowest BCUT2D eigenvalue weighted by molar-refractivity contribution is -0.172. The number of rotatable bonds is 2. The highest BCUT2D eigenvalue weighted by atomic mass is 19.3. The van der Waals surface area contributed by atoms with Gasteiger partial charge >= 0.3 is 0 Å². The molecule has 0 bridgehead atoms. The zero-order valence-electron chi connectivity index (χ0n) is 14.1. The fourth-order valence-electron chi connectivity index (χ4n) is 4.73. The number of carbonyl (C=O) groups is 2. The van der Waals surface area contributed by atoms with E-state index in [1.54, 1.807) is 12.1 Å². The third-order valence-corrected chi connectivity index (χ3v) is 6.05. The van der Waals surface area contributed by atoms with Gasteiger partial charge in [0.2, 0.25) is 5.91 Å². The van der Waals surface area contributed by atoms with Gasteiger partial charge in [0.1, 0.15) is 0 Å². The van der Waals surface area contributed by atoms with Crippen LogP contribution < -0.4 is 0 Å². The number of nitrogens with zero attached hydrogens (tertiary/aromatic N) is 2. The van der Waals surface area contributed by atoms with Crippen molar-refractivity contribution in [2.45, 2.75) is 31.6 Å². The van der Waals surface area contributed by atoms with Crippen LogP contribution in [0.5, 0.6) is 0 Å². The number of amides is 2. The molecule has 2 heterocycles. The van der Waals surface area contributed by atoms with Crippen LogP contribution in [0.4, 0.5) is 8.78 Å². The molecule has 3 fully saturated rings. The lowest BCUT2D eigenvalue weighted by Crippen LogP contribution is -2.60. The Morgan fingerprint density at radius 1 is 1.00 bits per heavy atom. The van der Waals surface area contributed by atoms with Crippen LogP contribution in [-0.2, 0) is 4.79 Å². The first-order chi connectivity index (χ1) is 11.9. The molecule has 0 N–H and O–H groups in total. The molecule has 1 aromatic rings. The van der Waals surface area contributed by atoms with Crippen LogP contribution in [-0.4, -0.2) is 53.7 Å². The summed E-state index contributed by atoms with van der Waals surface area (Å²) < 4.78 is 26.2. The number of likely N-dealkylation sites (tertiary alicyclic amines) is 2. The van der Waals surface area contributed by atoms with Gasteiger partial charge in [-0.3, -0.25) is 9.59 Å². The monoisotopic (exact) mass is 348 g/mol. The molecule has 134 valence electrons. The molecule has 4 nitrogen and oxygen atoms in total. The Morgan fingerprint density at radius 2 is 1.72 bits per heavy atom. The Hall–Kier alpha value is -1.98. The quantitative estimate of drug-likeness (QED) is 0.825. The average molecular weight is 348 g/mol. The van der Waals surface area contributed by atoms with Crippen molar-refractivity contribution in [1.29, 1.82) is 0 Å².